The number of fused-ring (bicyclic) bond motifs is 1. The third-order valence-corrected chi connectivity index (χ3v) is 5.39. The normalized spacial score (nSPS) is 12.4. The number of ketones is 1. The lowest BCUT2D eigenvalue weighted by Gasteiger charge is -2.09. The van der Waals surface area contributed by atoms with Crippen LogP contribution in [-0.4, -0.2) is 35.8 Å². The van der Waals surface area contributed by atoms with Crippen LogP contribution in [0.2, 0.25) is 0 Å². The zero-order valence-electron chi connectivity index (χ0n) is 14.4. The number of aromatic nitrogens is 5. The molecule has 0 saturated heterocycles. The highest BCUT2D eigenvalue weighted by molar-refractivity contribution is 8.00. The second-order valence-electron chi connectivity index (χ2n) is 5.98. The Balaban J connectivity index is 1.58. The predicted octanol–water partition coefficient (Wildman–Crippen LogP) is 3.72. The summed E-state index contributed by atoms with van der Waals surface area (Å²) in [5.41, 5.74) is 2.56. The van der Waals surface area contributed by atoms with Gasteiger partial charge in [0, 0.05) is 47.7 Å². The van der Waals surface area contributed by atoms with E-state index in [1.54, 1.807) is 18.6 Å². The lowest BCUT2D eigenvalue weighted by atomic mass is 10.1. The number of nitrogens with zero attached hydrogens (tertiary/aromatic N) is 4. The average Bonchev–Trinajstić information content (AvgIpc) is 3.26. The summed E-state index contributed by atoms with van der Waals surface area (Å²) in [5.74, 6) is 0.797. The van der Waals surface area contributed by atoms with Gasteiger partial charge in [0.15, 0.2) is 16.8 Å². The summed E-state index contributed by atoms with van der Waals surface area (Å²) in [7, 11) is 1.90. The topological polar surface area (TPSA) is 76.5 Å². The zero-order valence-corrected chi connectivity index (χ0v) is 15.2. The fraction of sp³-hybridized carbons (Fsp3) is 0.158. The predicted molar refractivity (Wildman–Crippen MR) is 102 cm³/mol. The summed E-state index contributed by atoms with van der Waals surface area (Å²) < 4.78 is 1.89. The molecule has 0 aliphatic carbocycles. The fourth-order valence-corrected chi connectivity index (χ4v) is 3.75. The van der Waals surface area contributed by atoms with Crippen molar-refractivity contribution in [3.63, 3.8) is 0 Å². The van der Waals surface area contributed by atoms with Crippen molar-refractivity contribution in [2.45, 2.75) is 17.3 Å². The number of pyridine rings is 1. The van der Waals surface area contributed by atoms with Crippen LogP contribution in [0.15, 0.2) is 60.1 Å². The van der Waals surface area contributed by atoms with E-state index < -0.39 is 0 Å². The SMILES string of the molecule is C[C@@H](Sc1nnc(-c2cccnc2)n1C)C(=O)c1c[nH]c2ccccc12. The number of carbonyl (C=O) groups is 1. The minimum atomic E-state index is -0.279. The van der Waals surface area contributed by atoms with Crippen LogP contribution >= 0.6 is 11.8 Å². The molecule has 26 heavy (non-hydrogen) atoms. The summed E-state index contributed by atoms with van der Waals surface area (Å²) >= 11 is 1.41. The van der Waals surface area contributed by atoms with E-state index in [0.717, 1.165) is 22.3 Å². The number of hydrogen-bond donors (Lipinski definition) is 1. The fourth-order valence-electron chi connectivity index (χ4n) is 2.87. The summed E-state index contributed by atoms with van der Waals surface area (Å²) in [5, 5.41) is 9.86. The van der Waals surface area contributed by atoms with E-state index in [4.69, 9.17) is 0 Å². The molecule has 3 aromatic heterocycles. The van der Waals surface area contributed by atoms with E-state index in [-0.39, 0.29) is 11.0 Å². The van der Waals surface area contributed by atoms with Gasteiger partial charge in [-0.15, -0.1) is 10.2 Å². The summed E-state index contributed by atoms with van der Waals surface area (Å²) in [4.78, 5) is 20.2. The van der Waals surface area contributed by atoms with Crippen molar-refractivity contribution in [1.29, 1.82) is 0 Å². The van der Waals surface area contributed by atoms with E-state index in [1.165, 1.54) is 11.8 Å². The minimum Gasteiger partial charge on any atom is -0.360 e. The lowest BCUT2D eigenvalue weighted by molar-refractivity contribution is 0.0995. The smallest absolute Gasteiger partial charge is 0.191 e. The molecule has 0 amide bonds. The lowest BCUT2D eigenvalue weighted by Crippen LogP contribution is -2.14. The van der Waals surface area contributed by atoms with Gasteiger partial charge >= 0.3 is 0 Å². The Hall–Kier alpha value is -2.93. The number of carbonyl (C=O) groups excluding carboxylic acids is 1. The quantitative estimate of drug-likeness (QED) is 0.432. The maximum Gasteiger partial charge on any atom is 0.191 e. The van der Waals surface area contributed by atoms with Gasteiger partial charge in [-0.05, 0) is 25.1 Å². The van der Waals surface area contributed by atoms with Crippen LogP contribution in [0.3, 0.4) is 0 Å². The zero-order chi connectivity index (χ0) is 18.1. The standard InChI is InChI=1S/C19H17N5OS/c1-12(17(25)15-11-21-16-8-4-3-7-14(15)16)26-19-23-22-18(24(19)2)13-6-5-9-20-10-13/h3-12,21H,1-2H3/t12-/m1/s1. The van der Waals surface area contributed by atoms with Crippen LogP contribution in [0.5, 0.6) is 0 Å². The highest BCUT2D eigenvalue weighted by atomic mass is 32.2. The van der Waals surface area contributed by atoms with Crippen molar-refractivity contribution < 1.29 is 4.79 Å². The van der Waals surface area contributed by atoms with Gasteiger partial charge in [0.1, 0.15) is 0 Å². The van der Waals surface area contributed by atoms with Gasteiger partial charge in [0.2, 0.25) is 0 Å². The Morgan fingerprint density at radius 1 is 1.19 bits per heavy atom. The van der Waals surface area contributed by atoms with Crippen molar-refractivity contribution in [1.82, 2.24) is 24.7 Å². The summed E-state index contributed by atoms with van der Waals surface area (Å²) in [6, 6.07) is 11.6. The number of nitrogens with one attached hydrogen (secondary N) is 1. The van der Waals surface area contributed by atoms with Crippen molar-refractivity contribution >= 4 is 28.4 Å². The highest BCUT2D eigenvalue weighted by Crippen LogP contribution is 2.29. The second kappa shape index (κ2) is 6.76. The number of Topliss-reactive ketones (excluding diaryl/α,β-unsaturated/α-hetero) is 1. The second-order valence-corrected chi connectivity index (χ2v) is 7.29. The Morgan fingerprint density at radius 2 is 2.04 bits per heavy atom. The molecule has 3 heterocycles. The van der Waals surface area contributed by atoms with Crippen LogP contribution in [-0.2, 0) is 7.05 Å². The average molecular weight is 363 g/mol. The number of H-pyrrole nitrogens is 1. The number of aromatic amines is 1. The molecule has 0 spiro atoms. The van der Waals surface area contributed by atoms with E-state index in [1.807, 2.05) is 54.9 Å². The monoisotopic (exact) mass is 363 g/mol. The summed E-state index contributed by atoms with van der Waals surface area (Å²) in [6.07, 6.45) is 5.25. The van der Waals surface area contributed by atoms with E-state index in [0.29, 0.717) is 10.7 Å². The molecule has 1 atom stereocenters. The molecule has 130 valence electrons. The van der Waals surface area contributed by atoms with Gasteiger partial charge < -0.3 is 9.55 Å². The Labute approximate surface area is 154 Å². The molecular formula is C19H17N5OS. The van der Waals surface area contributed by atoms with Gasteiger partial charge in [-0.1, -0.05) is 30.0 Å². The van der Waals surface area contributed by atoms with Crippen LogP contribution in [0.25, 0.3) is 22.3 Å². The minimum absolute atomic E-state index is 0.0679. The maximum absolute atomic E-state index is 12.9. The molecule has 0 bridgehead atoms. The first-order chi connectivity index (χ1) is 12.6. The first-order valence-electron chi connectivity index (χ1n) is 8.22. The molecule has 0 aliphatic heterocycles. The molecule has 7 heteroatoms. The van der Waals surface area contributed by atoms with Crippen LogP contribution in [0.1, 0.15) is 17.3 Å². The van der Waals surface area contributed by atoms with Gasteiger partial charge in [-0.25, -0.2) is 0 Å². The number of benzene rings is 1. The molecular weight excluding hydrogens is 346 g/mol. The molecule has 0 fully saturated rings. The molecule has 1 N–H and O–H groups in total. The van der Waals surface area contributed by atoms with Gasteiger partial charge in [0.05, 0.1) is 5.25 Å². The van der Waals surface area contributed by atoms with Crippen LogP contribution in [0, 0.1) is 0 Å². The Bertz CT molecular complexity index is 1070. The van der Waals surface area contributed by atoms with Gasteiger partial charge in [-0.2, -0.15) is 0 Å². The van der Waals surface area contributed by atoms with Crippen molar-refractivity contribution in [2.75, 3.05) is 0 Å². The largest absolute Gasteiger partial charge is 0.360 e. The molecule has 0 aliphatic rings. The Kier molecular flexibility index (Phi) is 4.30. The maximum atomic E-state index is 12.9. The molecule has 4 rings (SSSR count). The molecule has 0 unspecified atom stereocenters. The molecule has 0 radical (unpaired) electrons. The number of para-hydroxylation sites is 1. The van der Waals surface area contributed by atoms with Crippen molar-refractivity contribution in [2.24, 2.45) is 7.05 Å². The van der Waals surface area contributed by atoms with Crippen LogP contribution < -0.4 is 0 Å². The number of rotatable bonds is 5. The van der Waals surface area contributed by atoms with Gasteiger partial charge in [0.25, 0.3) is 0 Å². The van der Waals surface area contributed by atoms with Gasteiger partial charge in [-0.3, -0.25) is 9.78 Å². The first kappa shape index (κ1) is 16.5. The van der Waals surface area contributed by atoms with Crippen molar-refractivity contribution in [3.8, 4) is 11.4 Å². The van der Waals surface area contributed by atoms with E-state index in [2.05, 4.69) is 20.2 Å². The molecule has 0 saturated carbocycles. The third-order valence-electron chi connectivity index (χ3n) is 4.26. The van der Waals surface area contributed by atoms with Crippen molar-refractivity contribution in [3.05, 3.63) is 60.6 Å². The highest BCUT2D eigenvalue weighted by Gasteiger charge is 2.22. The number of thioether (sulfide) groups is 1. The van der Waals surface area contributed by atoms with E-state index >= 15 is 0 Å². The molecule has 4 aromatic rings. The molecule has 6 nitrogen and oxygen atoms in total. The summed E-state index contributed by atoms with van der Waals surface area (Å²) in [6.45, 7) is 1.90. The Morgan fingerprint density at radius 3 is 2.85 bits per heavy atom. The van der Waals surface area contributed by atoms with E-state index in [9.17, 15) is 4.79 Å². The van der Waals surface area contributed by atoms with Crippen LogP contribution in [0.4, 0.5) is 0 Å². The first-order valence-corrected chi connectivity index (χ1v) is 9.10. The molecule has 1 aromatic carbocycles. The number of hydrogen-bond acceptors (Lipinski definition) is 5. The third kappa shape index (κ3) is 2.90.